The van der Waals surface area contributed by atoms with Gasteiger partial charge in [-0.15, -0.1) is 0 Å². The molecule has 0 bridgehead atoms. The Morgan fingerprint density at radius 1 is 0.727 bits per heavy atom. The summed E-state index contributed by atoms with van der Waals surface area (Å²) < 4.78 is 17.5. The molecule has 0 aliphatic carbocycles. The number of hydrogen-bond donors (Lipinski definition) is 6. The zero-order valence-electron chi connectivity index (χ0n) is 13.4. The molecule has 0 amide bonds. The Labute approximate surface area is 132 Å². The Morgan fingerprint density at radius 3 is 0.955 bits per heavy atom. The maximum atomic E-state index is 8.77. The average molecular weight is 370 g/mol. The zero-order valence-corrected chi connectivity index (χ0v) is 15.2. The van der Waals surface area contributed by atoms with Gasteiger partial charge < -0.3 is 40.8 Å². The highest BCUT2D eigenvalue weighted by Crippen LogP contribution is 2.19. The number of hydrogen-bond acceptors (Lipinski definition) is 4. The lowest BCUT2D eigenvalue weighted by atomic mass is 10.3. The number of rotatable bonds is 6. The summed E-state index contributed by atoms with van der Waals surface area (Å²) in [5, 5.41) is 0. The van der Waals surface area contributed by atoms with E-state index < -0.39 is 15.6 Å². The topological polar surface area (TPSA) is 216 Å². The summed E-state index contributed by atoms with van der Waals surface area (Å²) in [5.41, 5.74) is 7.45. The molecule has 0 fully saturated rings. The third-order valence-corrected chi connectivity index (χ3v) is 1.71. The monoisotopic (exact) mass is 370 g/mol. The molecule has 0 rings (SSSR count). The molecular weight excluding hydrogens is 338 g/mol. The highest BCUT2D eigenvalue weighted by molar-refractivity contribution is 7.43. The second-order valence-corrected chi connectivity index (χ2v) is 6.06. The van der Waals surface area contributed by atoms with Crippen LogP contribution in [0.4, 0.5) is 0 Å². The molecule has 0 radical (unpaired) electrons. The molecule has 10 N–H and O–H groups in total. The van der Waals surface area contributed by atoms with E-state index in [4.69, 9.17) is 38.5 Å². The van der Waals surface area contributed by atoms with Crippen molar-refractivity contribution in [1.82, 2.24) is 0 Å². The molecule has 0 saturated carbocycles. The number of quaternary nitrogens is 2. The van der Waals surface area contributed by atoms with Gasteiger partial charge in [0.15, 0.2) is 0 Å². The van der Waals surface area contributed by atoms with Crippen molar-refractivity contribution in [1.29, 1.82) is 0 Å². The normalized spacial score (nSPS) is 10.3. The average Bonchev–Trinajstić information content (AvgIpc) is 2.30. The van der Waals surface area contributed by atoms with Crippen LogP contribution in [0.5, 0.6) is 0 Å². The van der Waals surface area contributed by atoms with Crippen molar-refractivity contribution in [2.24, 2.45) is 0 Å². The quantitative estimate of drug-likeness (QED) is 0.220. The van der Waals surface area contributed by atoms with Gasteiger partial charge in [0.25, 0.3) is 15.6 Å². The van der Waals surface area contributed by atoms with Gasteiger partial charge in [0.05, 0.1) is 13.1 Å². The van der Waals surface area contributed by atoms with E-state index in [9.17, 15) is 0 Å². The minimum Gasteiger partial charge on any atom is -0.756 e. The molecule has 0 aliphatic rings. The predicted molar refractivity (Wildman–Crippen MR) is 78.6 cm³/mol. The minimum atomic E-state index is -4.89. The SMILES string of the molecule is CCCCC[NH3+].CCCCC[NH3+].O=P([O-])(O)O.O=P([O-])(O)O. The van der Waals surface area contributed by atoms with Gasteiger partial charge in [-0.25, -0.2) is 0 Å². The second kappa shape index (κ2) is 21.1. The maximum Gasteiger partial charge on any atom is 0.262 e. The highest BCUT2D eigenvalue weighted by atomic mass is 31.2. The number of unbranched alkanes of at least 4 members (excludes halogenated alkanes) is 4. The number of phosphoric acid groups is 2. The Kier molecular flexibility index (Phi) is 28.9. The lowest BCUT2D eigenvalue weighted by Gasteiger charge is -2.01. The van der Waals surface area contributed by atoms with E-state index in [2.05, 4.69) is 25.3 Å². The van der Waals surface area contributed by atoms with Crippen molar-refractivity contribution < 1.29 is 50.0 Å². The summed E-state index contributed by atoms with van der Waals surface area (Å²) in [6.45, 7) is 6.62. The van der Waals surface area contributed by atoms with Crippen molar-refractivity contribution in [2.75, 3.05) is 13.1 Å². The van der Waals surface area contributed by atoms with Crippen LogP contribution < -0.4 is 21.3 Å². The van der Waals surface area contributed by atoms with Crippen LogP contribution >= 0.6 is 15.6 Å². The smallest absolute Gasteiger partial charge is 0.262 e. The first-order chi connectivity index (χ1) is 9.83. The molecular formula is C10H32N2O8P2. The minimum absolute atomic E-state index is 1.10. The van der Waals surface area contributed by atoms with Crippen molar-refractivity contribution in [3.8, 4) is 0 Å². The summed E-state index contributed by atoms with van der Waals surface area (Å²) in [7, 11) is -9.78. The van der Waals surface area contributed by atoms with Crippen molar-refractivity contribution in [3.05, 3.63) is 0 Å². The summed E-state index contributed by atoms with van der Waals surface area (Å²) in [6.07, 6.45) is 7.94. The molecule has 0 aromatic heterocycles. The Hall–Kier alpha value is 0.140. The van der Waals surface area contributed by atoms with Crippen LogP contribution in [0, 0.1) is 0 Å². The summed E-state index contributed by atoms with van der Waals surface area (Å²) in [5.74, 6) is 0. The largest absolute Gasteiger partial charge is 0.756 e. The standard InChI is InChI=1S/2C5H13N.2H3O4P/c2*1-2-3-4-5-6;2*1-5(2,3)4/h2*2-6H2,1H3;2*(H3,1,2,3,4). The van der Waals surface area contributed by atoms with Crippen molar-refractivity contribution in [3.63, 3.8) is 0 Å². The molecule has 22 heavy (non-hydrogen) atoms. The fourth-order valence-corrected chi connectivity index (χ4v) is 0.854. The molecule has 140 valence electrons. The molecule has 0 aromatic rings. The molecule has 0 heterocycles. The molecule has 0 saturated heterocycles. The molecule has 12 heteroatoms. The summed E-state index contributed by atoms with van der Waals surface area (Å²) in [4.78, 5) is 45.8. The van der Waals surface area contributed by atoms with Gasteiger partial charge in [-0.1, -0.05) is 26.7 Å². The van der Waals surface area contributed by atoms with E-state index >= 15 is 0 Å². The fourth-order valence-electron chi connectivity index (χ4n) is 0.854. The second-order valence-electron chi connectivity index (χ2n) is 4.10. The van der Waals surface area contributed by atoms with Crippen LogP contribution in [0.15, 0.2) is 0 Å². The first kappa shape index (κ1) is 30.1. The van der Waals surface area contributed by atoms with Gasteiger partial charge in [0, 0.05) is 0 Å². The summed E-state index contributed by atoms with van der Waals surface area (Å²) in [6, 6.07) is 0. The van der Waals surface area contributed by atoms with Crippen molar-refractivity contribution in [2.45, 2.75) is 52.4 Å². The molecule has 0 spiro atoms. The van der Waals surface area contributed by atoms with Crippen LogP contribution in [-0.2, 0) is 9.13 Å². The van der Waals surface area contributed by atoms with Crippen LogP contribution in [0.3, 0.4) is 0 Å². The van der Waals surface area contributed by atoms with Gasteiger partial charge in [0.2, 0.25) is 0 Å². The van der Waals surface area contributed by atoms with E-state index in [1.807, 2.05) is 0 Å². The lowest BCUT2D eigenvalue weighted by Crippen LogP contribution is -2.50. The third-order valence-electron chi connectivity index (χ3n) is 1.71. The van der Waals surface area contributed by atoms with Crippen LogP contribution in [0.2, 0.25) is 0 Å². The van der Waals surface area contributed by atoms with E-state index in [0.29, 0.717) is 0 Å². The summed E-state index contributed by atoms with van der Waals surface area (Å²) >= 11 is 0. The molecule has 0 unspecified atom stereocenters. The van der Waals surface area contributed by atoms with E-state index in [1.54, 1.807) is 0 Å². The van der Waals surface area contributed by atoms with Gasteiger partial charge in [-0.2, -0.15) is 0 Å². The first-order valence-electron chi connectivity index (χ1n) is 6.94. The van der Waals surface area contributed by atoms with Gasteiger partial charge in [-0.05, 0) is 25.7 Å². The van der Waals surface area contributed by atoms with Crippen molar-refractivity contribution >= 4 is 15.6 Å². The van der Waals surface area contributed by atoms with Gasteiger partial charge >= 0.3 is 0 Å². The van der Waals surface area contributed by atoms with Gasteiger partial charge in [0.1, 0.15) is 0 Å². The first-order valence-corrected chi connectivity index (χ1v) is 10.0. The lowest BCUT2D eigenvalue weighted by molar-refractivity contribution is -0.368. The zero-order chi connectivity index (χ0) is 18.7. The highest BCUT2D eigenvalue weighted by Gasteiger charge is 1.83. The molecule has 10 nitrogen and oxygen atoms in total. The predicted octanol–water partition coefficient (Wildman–Crippen LogP) is -2.28. The van der Waals surface area contributed by atoms with E-state index in [1.165, 1.54) is 38.5 Å². The Morgan fingerprint density at radius 2 is 0.909 bits per heavy atom. The van der Waals surface area contributed by atoms with Crippen LogP contribution in [-0.4, -0.2) is 32.7 Å². The molecule has 0 aromatic carbocycles. The fraction of sp³-hybridized carbons (Fsp3) is 1.00. The van der Waals surface area contributed by atoms with Crippen LogP contribution in [0.25, 0.3) is 0 Å². The third kappa shape index (κ3) is 196. The van der Waals surface area contributed by atoms with E-state index in [-0.39, 0.29) is 0 Å². The Balaban J connectivity index is -0.0000000986. The van der Waals surface area contributed by atoms with E-state index in [0.717, 1.165) is 13.1 Å². The van der Waals surface area contributed by atoms with Gasteiger partial charge in [-0.3, -0.25) is 9.13 Å². The molecule has 0 atom stereocenters. The maximum absolute atomic E-state index is 8.77. The Bertz CT molecular complexity index is 230. The molecule has 0 aliphatic heterocycles. The van der Waals surface area contributed by atoms with Crippen LogP contribution in [0.1, 0.15) is 52.4 Å².